The summed E-state index contributed by atoms with van der Waals surface area (Å²) < 4.78 is 25.0. The largest absolute Gasteiger partial charge is 0.299 e. The van der Waals surface area contributed by atoms with E-state index < -0.39 is 12.3 Å². The molecule has 0 spiro atoms. The van der Waals surface area contributed by atoms with Gasteiger partial charge in [0.25, 0.3) is 0 Å². The van der Waals surface area contributed by atoms with E-state index in [9.17, 15) is 9.59 Å². The Labute approximate surface area is 131 Å². The van der Waals surface area contributed by atoms with Gasteiger partial charge in [0, 0.05) is 22.4 Å². The predicted octanol–water partition coefficient (Wildman–Crippen LogP) is 4.09. The zero-order valence-electron chi connectivity index (χ0n) is 15.8. The third-order valence-electron chi connectivity index (χ3n) is 7.20. The van der Waals surface area contributed by atoms with E-state index in [1.807, 2.05) is 0 Å². The zero-order valence-corrected chi connectivity index (χ0v) is 12.8. The van der Waals surface area contributed by atoms with E-state index in [2.05, 4.69) is 6.92 Å². The number of hydrogen-bond acceptors (Lipinski definition) is 2. The minimum Gasteiger partial charge on any atom is -0.299 e. The molecule has 0 aromatic carbocycles. The molecule has 0 radical (unpaired) electrons. The number of Topliss-reactive ketones (excluding diaryl/α,β-unsaturated/α-hetero) is 1. The van der Waals surface area contributed by atoms with Crippen molar-refractivity contribution in [2.24, 2.45) is 28.6 Å². The first kappa shape index (κ1) is 10.7. The Morgan fingerprint density at radius 2 is 1.86 bits per heavy atom. The highest BCUT2D eigenvalue weighted by atomic mass is 16.1. The number of allylic oxidation sites excluding steroid dienone is 1. The van der Waals surface area contributed by atoms with Gasteiger partial charge in [0.2, 0.25) is 0 Å². The average Bonchev–Trinajstić information content (AvgIpc) is 2.81. The van der Waals surface area contributed by atoms with Gasteiger partial charge in [-0.05, 0) is 67.8 Å². The fourth-order valence-corrected chi connectivity index (χ4v) is 5.99. The molecule has 4 rings (SSSR count). The topological polar surface area (TPSA) is 34.1 Å². The Balaban J connectivity index is 1.79. The number of carbonyl (C=O) groups excluding carboxylic acids is 2. The third kappa shape index (κ3) is 1.71. The van der Waals surface area contributed by atoms with Gasteiger partial charge < -0.3 is 0 Å². The van der Waals surface area contributed by atoms with E-state index in [0.717, 1.165) is 31.3 Å². The molecule has 0 aromatic rings. The minimum absolute atomic E-state index is 0.0833. The number of ketones is 2. The van der Waals surface area contributed by atoms with Crippen LogP contribution in [-0.4, -0.2) is 11.6 Å². The Bertz CT molecular complexity index is 635. The van der Waals surface area contributed by atoms with Crippen LogP contribution in [0.5, 0.6) is 0 Å². The lowest BCUT2D eigenvalue weighted by molar-refractivity contribution is -0.132. The lowest BCUT2D eigenvalue weighted by Gasteiger charge is -2.56. The minimum atomic E-state index is -2.07. The molecule has 0 heterocycles. The summed E-state index contributed by atoms with van der Waals surface area (Å²) in [6.45, 7) is 0.0419. The van der Waals surface area contributed by atoms with E-state index in [1.54, 1.807) is 6.08 Å². The van der Waals surface area contributed by atoms with Crippen molar-refractivity contribution in [1.82, 2.24) is 0 Å². The van der Waals surface area contributed by atoms with Crippen LogP contribution in [0.4, 0.5) is 0 Å². The summed E-state index contributed by atoms with van der Waals surface area (Å²) in [5, 5.41) is 0. The van der Waals surface area contributed by atoms with Gasteiger partial charge in [0.1, 0.15) is 5.78 Å². The summed E-state index contributed by atoms with van der Waals surface area (Å²) in [5.74, 6) is 1.22. The first-order chi connectivity index (χ1) is 11.2. The smallest absolute Gasteiger partial charge is 0.155 e. The van der Waals surface area contributed by atoms with Crippen molar-refractivity contribution in [1.29, 1.82) is 0 Å². The Morgan fingerprint density at radius 1 is 1.05 bits per heavy atom. The quantitative estimate of drug-likeness (QED) is 0.674. The Hall–Kier alpha value is -0.920. The molecular weight excluding hydrogens is 260 g/mol. The highest BCUT2D eigenvalue weighted by Crippen LogP contribution is 2.64. The summed E-state index contributed by atoms with van der Waals surface area (Å²) in [4.78, 5) is 24.4. The van der Waals surface area contributed by atoms with Crippen LogP contribution in [0.15, 0.2) is 11.6 Å². The molecule has 0 bridgehead atoms. The van der Waals surface area contributed by atoms with Crippen LogP contribution in [0.25, 0.3) is 0 Å². The van der Waals surface area contributed by atoms with Crippen LogP contribution in [0.2, 0.25) is 0 Å². The molecule has 3 fully saturated rings. The summed E-state index contributed by atoms with van der Waals surface area (Å²) in [5.41, 5.74) is -0.174. The fraction of sp³-hybridized carbons (Fsp3) is 0.789. The second-order valence-electron chi connectivity index (χ2n) is 7.94. The first-order valence-corrected chi connectivity index (χ1v) is 8.47. The zero-order chi connectivity index (χ0) is 17.3. The maximum atomic E-state index is 12.4. The van der Waals surface area contributed by atoms with Gasteiger partial charge >= 0.3 is 0 Å². The van der Waals surface area contributed by atoms with E-state index in [1.165, 1.54) is 0 Å². The average molecular weight is 292 g/mol. The second kappa shape index (κ2) is 4.30. The summed E-state index contributed by atoms with van der Waals surface area (Å²) >= 11 is 0. The van der Waals surface area contributed by atoms with Crippen LogP contribution < -0.4 is 0 Å². The van der Waals surface area contributed by atoms with Gasteiger partial charge in [-0.3, -0.25) is 9.59 Å². The van der Waals surface area contributed by atoms with Crippen LogP contribution in [0, 0.1) is 28.6 Å². The van der Waals surface area contributed by atoms with Crippen LogP contribution in [0.3, 0.4) is 0 Å². The van der Waals surface area contributed by atoms with Crippen molar-refractivity contribution in [3.8, 4) is 0 Å². The Morgan fingerprint density at radius 3 is 2.67 bits per heavy atom. The molecule has 2 nitrogen and oxygen atoms in total. The van der Waals surface area contributed by atoms with Gasteiger partial charge in [-0.15, -0.1) is 0 Å². The van der Waals surface area contributed by atoms with Gasteiger partial charge in [-0.2, -0.15) is 0 Å². The lowest BCUT2D eigenvalue weighted by atomic mass is 9.47. The van der Waals surface area contributed by atoms with Crippen molar-refractivity contribution < 1.29 is 13.7 Å². The number of rotatable bonds is 0. The molecule has 2 heteroatoms. The van der Waals surface area contributed by atoms with Crippen molar-refractivity contribution in [2.45, 2.75) is 65.1 Å². The SMILES string of the molecule is [3H]C([3H])([3H])[C@]12CCC(=O)C=C1CC[C@H]1[C@@H]3CCC(=O)[C@@]3(C)CC[C@@H]12. The first-order valence-electron chi connectivity index (χ1n) is 9.97. The molecule has 0 unspecified atom stereocenters. The molecule has 114 valence electrons. The van der Waals surface area contributed by atoms with Crippen molar-refractivity contribution >= 4 is 11.6 Å². The molecule has 0 amide bonds. The van der Waals surface area contributed by atoms with Crippen LogP contribution in [-0.2, 0) is 9.59 Å². The fourth-order valence-electron chi connectivity index (χ4n) is 5.99. The normalized spacial score (nSPS) is 52.0. The summed E-state index contributed by atoms with van der Waals surface area (Å²) in [7, 11) is 0. The molecule has 5 atom stereocenters. The molecule has 3 saturated carbocycles. The van der Waals surface area contributed by atoms with Crippen molar-refractivity contribution in [2.75, 3.05) is 0 Å². The monoisotopic (exact) mass is 292 g/mol. The molecule has 0 N–H and O–H groups in total. The molecule has 4 aliphatic rings. The number of fused-ring (bicyclic) bond motifs is 5. The maximum absolute atomic E-state index is 12.4. The summed E-state index contributed by atoms with van der Waals surface area (Å²) in [6, 6.07) is 0. The molecule has 0 saturated heterocycles. The third-order valence-corrected chi connectivity index (χ3v) is 7.20. The van der Waals surface area contributed by atoms with Crippen molar-refractivity contribution in [3.63, 3.8) is 0 Å². The predicted molar refractivity (Wildman–Crippen MR) is 81.7 cm³/mol. The van der Waals surface area contributed by atoms with E-state index in [-0.39, 0.29) is 17.1 Å². The molecular formula is C19H26O2. The molecule has 0 aliphatic heterocycles. The number of hydrogen-bond donors (Lipinski definition) is 0. The highest BCUT2D eigenvalue weighted by Gasteiger charge is 2.58. The molecule has 4 aliphatic carbocycles. The highest BCUT2D eigenvalue weighted by molar-refractivity contribution is 5.91. The number of carbonyl (C=O) groups is 2. The van der Waals surface area contributed by atoms with Crippen LogP contribution in [0.1, 0.15) is 69.3 Å². The standard InChI is InChI=1S/C19H26O2/c1-18-9-7-13(20)11-12(18)3-4-14-15-5-6-17(21)19(15,2)10-8-16(14)18/h11,14-16H,3-10H2,1-2H3/t14-,15-,16-,18-,19-/m0/s1/i1T3. The van der Waals surface area contributed by atoms with Crippen molar-refractivity contribution in [3.05, 3.63) is 11.6 Å². The van der Waals surface area contributed by atoms with Gasteiger partial charge in [-0.25, -0.2) is 0 Å². The van der Waals surface area contributed by atoms with Crippen LogP contribution >= 0.6 is 0 Å². The second-order valence-corrected chi connectivity index (χ2v) is 7.94. The van der Waals surface area contributed by atoms with Gasteiger partial charge in [0.05, 0.1) is 0 Å². The van der Waals surface area contributed by atoms with E-state index >= 15 is 0 Å². The maximum Gasteiger partial charge on any atom is 0.155 e. The van der Waals surface area contributed by atoms with E-state index in [0.29, 0.717) is 43.3 Å². The van der Waals surface area contributed by atoms with Gasteiger partial charge in [-0.1, -0.05) is 19.3 Å². The Kier molecular flexibility index (Phi) is 2.20. The van der Waals surface area contributed by atoms with Gasteiger partial charge in [0.15, 0.2) is 5.78 Å². The van der Waals surface area contributed by atoms with E-state index in [4.69, 9.17) is 4.11 Å². The summed E-state index contributed by atoms with van der Waals surface area (Å²) in [6.07, 6.45) is 7.33. The lowest BCUT2D eigenvalue weighted by Crippen LogP contribution is -2.50. The molecule has 21 heavy (non-hydrogen) atoms. The molecule has 0 aromatic heterocycles.